The maximum atomic E-state index is 11.7. The van der Waals surface area contributed by atoms with E-state index < -0.39 is 11.9 Å². The van der Waals surface area contributed by atoms with Crippen LogP contribution in [0.25, 0.3) is 0 Å². The zero-order valence-corrected chi connectivity index (χ0v) is 13.0. The van der Waals surface area contributed by atoms with Gasteiger partial charge >= 0.3 is 11.9 Å². The summed E-state index contributed by atoms with van der Waals surface area (Å²) in [6, 6.07) is 5.91. The molecule has 1 aromatic rings. The van der Waals surface area contributed by atoms with Crippen LogP contribution in [0.15, 0.2) is 30.0 Å². The molecule has 0 aliphatic carbocycles. The lowest BCUT2D eigenvalue weighted by Gasteiger charge is -2.25. The number of hydrogen-bond donors (Lipinski definition) is 1. The fraction of sp³-hybridized carbons (Fsp3) is 0.375. The molecule has 2 rings (SSSR count). The van der Waals surface area contributed by atoms with Crippen LogP contribution in [0, 0.1) is 0 Å². The zero-order valence-electron chi connectivity index (χ0n) is 13.0. The van der Waals surface area contributed by atoms with Crippen molar-refractivity contribution in [1.29, 1.82) is 0 Å². The monoisotopic (exact) mass is 304 g/mol. The average Bonchev–Trinajstić information content (AvgIpc) is 2.52. The van der Waals surface area contributed by atoms with Gasteiger partial charge in [-0.3, -0.25) is 0 Å². The van der Waals surface area contributed by atoms with Crippen LogP contribution in [-0.2, 0) is 32.0 Å². The van der Waals surface area contributed by atoms with Crippen molar-refractivity contribution >= 4 is 17.6 Å². The molecule has 0 saturated heterocycles. The predicted octanol–water partition coefficient (Wildman–Crippen LogP) is 1.32. The molecule has 22 heavy (non-hydrogen) atoms. The van der Waals surface area contributed by atoms with Gasteiger partial charge in [0.1, 0.15) is 5.70 Å². The Hall–Kier alpha value is -2.34. The van der Waals surface area contributed by atoms with Crippen LogP contribution >= 0.6 is 0 Å². The van der Waals surface area contributed by atoms with E-state index in [2.05, 4.69) is 26.7 Å². The third-order valence-corrected chi connectivity index (χ3v) is 3.56. The summed E-state index contributed by atoms with van der Waals surface area (Å²) in [5, 5.41) is 2.93. The van der Waals surface area contributed by atoms with E-state index in [1.165, 1.54) is 25.3 Å². The van der Waals surface area contributed by atoms with Gasteiger partial charge in [-0.25, -0.2) is 9.59 Å². The molecule has 1 aromatic carbocycles. The summed E-state index contributed by atoms with van der Waals surface area (Å²) >= 11 is 0. The summed E-state index contributed by atoms with van der Waals surface area (Å²) in [6.07, 6.45) is 2.09. The van der Waals surface area contributed by atoms with Crippen molar-refractivity contribution in [2.45, 2.75) is 13.0 Å². The Morgan fingerprint density at radius 1 is 1.23 bits per heavy atom. The summed E-state index contributed by atoms with van der Waals surface area (Å²) in [5.41, 5.74) is 3.29. The first kappa shape index (κ1) is 16.0. The molecule has 0 saturated carbocycles. The van der Waals surface area contributed by atoms with E-state index in [1.54, 1.807) is 0 Å². The number of esters is 2. The molecule has 0 bridgehead atoms. The first-order chi connectivity index (χ1) is 10.5. The highest BCUT2D eigenvalue weighted by molar-refractivity contribution is 5.98. The van der Waals surface area contributed by atoms with Gasteiger partial charge in [0.25, 0.3) is 0 Å². The Bertz CT molecular complexity index is 610. The fourth-order valence-electron chi connectivity index (χ4n) is 2.36. The second-order valence-electron chi connectivity index (χ2n) is 5.17. The molecule has 6 heteroatoms. The van der Waals surface area contributed by atoms with Crippen molar-refractivity contribution in [1.82, 2.24) is 4.90 Å². The number of ether oxygens (including phenoxy) is 2. The van der Waals surface area contributed by atoms with Gasteiger partial charge in [0.2, 0.25) is 0 Å². The number of likely N-dealkylation sites (N-methyl/N-ethyl adjacent to an activating group) is 1. The largest absolute Gasteiger partial charge is 0.466 e. The number of methoxy groups -OCH3 is 2. The minimum atomic E-state index is -0.625. The first-order valence-corrected chi connectivity index (χ1v) is 6.99. The number of nitrogens with zero attached hydrogens (tertiary/aromatic N) is 1. The van der Waals surface area contributed by atoms with Gasteiger partial charge in [0.15, 0.2) is 0 Å². The molecular formula is C16H20N2O4. The quantitative estimate of drug-likeness (QED) is 0.668. The number of nitrogens with one attached hydrogen (secondary N) is 1. The number of carbonyl (C=O) groups is 2. The normalized spacial score (nSPS) is 15.0. The topological polar surface area (TPSA) is 67.9 Å². The summed E-state index contributed by atoms with van der Waals surface area (Å²) < 4.78 is 9.22. The van der Waals surface area contributed by atoms with Crippen LogP contribution in [0.2, 0.25) is 0 Å². The molecule has 0 spiro atoms. The lowest BCUT2D eigenvalue weighted by atomic mass is 9.99. The van der Waals surface area contributed by atoms with E-state index in [1.807, 2.05) is 18.2 Å². The number of rotatable bonds is 4. The number of fused-ring (bicyclic) bond motifs is 1. The van der Waals surface area contributed by atoms with Gasteiger partial charge in [0.05, 0.1) is 20.3 Å². The van der Waals surface area contributed by atoms with Crippen molar-refractivity contribution in [2.24, 2.45) is 0 Å². The Morgan fingerprint density at radius 2 is 2.00 bits per heavy atom. The lowest BCUT2D eigenvalue weighted by molar-refractivity contribution is -0.138. The molecule has 0 aromatic heterocycles. The van der Waals surface area contributed by atoms with E-state index in [0.717, 1.165) is 31.3 Å². The van der Waals surface area contributed by atoms with Gasteiger partial charge in [-0.1, -0.05) is 6.07 Å². The smallest absolute Gasteiger partial charge is 0.354 e. The minimum absolute atomic E-state index is 0.0402. The van der Waals surface area contributed by atoms with E-state index in [0.29, 0.717) is 0 Å². The third kappa shape index (κ3) is 3.85. The van der Waals surface area contributed by atoms with Crippen molar-refractivity contribution in [2.75, 3.05) is 33.1 Å². The molecular weight excluding hydrogens is 284 g/mol. The highest BCUT2D eigenvalue weighted by atomic mass is 16.5. The molecule has 6 nitrogen and oxygen atoms in total. The molecule has 1 aliphatic rings. The zero-order chi connectivity index (χ0) is 16.1. The van der Waals surface area contributed by atoms with Crippen molar-refractivity contribution < 1.29 is 19.1 Å². The van der Waals surface area contributed by atoms with Crippen LogP contribution in [0.1, 0.15) is 11.1 Å². The summed E-state index contributed by atoms with van der Waals surface area (Å²) in [5.74, 6) is -1.24. The molecule has 1 aliphatic heterocycles. The van der Waals surface area contributed by atoms with Gasteiger partial charge < -0.3 is 19.7 Å². The summed E-state index contributed by atoms with van der Waals surface area (Å²) in [7, 11) is 4.58. The molecule has 0 fully saturated rings. The van der Waals surface area contributed by atoms with Crippen LogP contribution < -0.4 is 5.32 Å². The Morgan fingerprint density at radius 3 is 2.68 bits per heavy atom. The molecule has 1 N–H and O–H groups in total. The van der Waals surface area contributed by atoms with Crippen molar-refractivity contribution in [3.05, 3.63) is 41.1 Å². The van der Waals surface area contributed by atoms with E-state index in [-0.39, 0.29) is 5.70 Å². The van der Waals surface area contributed by atoms with Crippen LogP contribution in [0.3, 0.4) is 0 Å². The SMILES string of the molecule is COC(=O)/C=C(/Nc1ccc2c(c1)CN(C)CC2)C(=O)OC. The van der Waals surface area contributed by atoms with Gasteiger partial charge in [-0.05, 0) is 36.7 Å². The molecule has 0 atom stereocenters. The number of anilines is 1. The number of carbonyl (C=O) groups excluding carboxylic acids is 2. The van der Waals surface area contributed by atoms with Gasteiger partial charge in [-0.2, -0.15) is 0 Å². The molecule has 118 valence electrons. The van der Waals surface area contributed by atoms with Crippen molar-refractivity contribution in [3.63, 3.8) is 0 Å². The van der Waals surface area contributed by atoms with Crippen molar-refractivity contribution in [3.8, 4) is 0 Å². The number of benzene rings is 1. The summed E-state index contributed by atoms with van der Waals surface area (Å²) in [6.45, 7) is 1.90. The first-order valence-electron chi connectivity index (χ1n) is 6.99. The molecule has 1 heterocycles. The lowest BCUT2D eigenvalue weighted by Crippen LogP contribution is -2.26. The van der Waals surface area contributed by atoms with E-state index in [9.17, 15) is 9.59 Å². The van der Waals surface area contributed by atoms with Crippen LogP contribution in [0.5, 0.6) is 0 Å². The predicted molar refractivity (Wildman–Crippen MR) is 82.2 cm³/mol. The summed E-state index contributed by atoms with van der Waals surface area (Å²) in [4.78, 5) is 25.3. The second kappa shape index (κ2) is 7.09. The van der Waals surface area contributed by atoms with E-state index >= 15 is 0 Å². The molecule has 0 unspecified atom stereocenters. The van der Waals surface area contributed by atoms with Gasteiger partial charge in [-0.15, -0.1) is 0 Å². The Kier molecular flexibility index (Phi) is 5.16. The Labute approximate surface area is 129 Å². The minimum Gasteiger partial charge on any atom is -0.466 e. The number of hydrogen-bond acceptors (Lipinski definition) is 6. The average molecular weight is 304 g/mol. The van der Waals surface area contributed by atoms with Crippen LogP contribution in [-0.4, -0.2) is 44.7 Å². The highest BCUT2D eigenvalue weighted by Gasteiger charge is 2.16. The van der Waals surface area contributed by atoms with Gasteiger partial charge in [0, 0.05) is 18.8 Å². The maximum Gasteiger partial charge on any atom is 0.354 e. The highest BCUT2D eigenvalue weighted by Crippen LogP contribution is 2.22. The standard InChI is InChI=1S/C16H20N2O4/c1-18-7-6-11-4-5-13(8-12(11)10-18)17-14(16(20)22-3)9-15(19)21-2/h4-5,8-9,17H,6-7,10H2,1-3H3/b14-9+. The third-order valence-electron chi connectivity index (χ3n) is 3.56. The second-order valence-corrected chi connectivity index (χ2v) is 5.17. The van der Waals surface area contributed by atoms with Crippen LogP contribution in [0.4, 0.5) is 5.69 Å². The van der Waals surface area contributed by atoms with E-state index in [4.69, 9.17) is 0 Å². The molecule has 0 amide bonds. The Balaban J connectivity index is 2.23. The molecule has 0 radical (unpaired) electrons. The fourth-order valence-corrected chi connectivity index (χ4v) is 2.36. The maximum absolute atomic E-state index is 11.7.